The van der Waals surface area contributed by atoms with E-state index in [-0.39, 0.29) is 11.6 Å². The molecule has 6 aromatic rings. The third kappa shape index (κ3) is 7.70. The highest BCUT2D eigenvalue weighted by atomic mass is 32.2. The van der Waals surface area contributed by atoms with Gasteiger partial charge in [0, 0.05) is 34.5 Å². The van der Waals surface area contributed by atoms with Crippen LogP contribution >= 0.6 is 11.8 Å². The van der Waals surface area contributed by atoms with E-state index < -0.39 is 17.1 Å². The van der Waals surface area contributed by atoms with Crippen LogP contribution < -0.4 is 20.3 Å². The predicted octanol–water partition coefficient (Wildman–Crippen LogP) is 8.79. The number of ether oxygens (including phenoxy) is 1. The first kappa shape index (κ1) is 34.1. The van der Waals surface area contributed by atoms with Crippen LogP contribution in [0.15, 0.2) is 161 Å². The first-order chi connectivity index (χ1) is 25.5. The normalized spacial score (nSPS) is 12.9. The zero-order valence-corrected chi connectivity index (χ0v) is 29.1. The third-order valence-electron chi connectivity index (χ3n) is 8.66. The molecule has 1 aromatic heterocycles. The first-order valence-corrected chi connectivity index (χ1v) is 17.7. The van der Waals surface area contributed by atoms with Gasteiger partial charge in [0.05, 0.1) is 12.7 Å². The van der Waals surface area contributed by atoms with Gasteiger partial charge in [-0.3, -0.25) is 14.4 Å². The van der Waals surface area contributed by atoms with E-state index in [0.717, 1.165) is 28.1 Å². The number of thioether (sulfide) groups is 1. The van der Waals surface area contributed by atoms with Crippen molar-refractivity contribution in [2.24, 2.45) is 0 Å². The quantitative estimate of drug-likeness (QED) is 0.103. The lowest BCUT2D eigenvalue weighted by molar-refractivity contribution is -0.118. The van der Waals surface area contributed by atoms with E-state index in [1.54, 1.807) is 55.6 Å². The van der Waals surface area contributed by atoms with Gasteiger partial charge in [0.2, 0.25) is 5.91 Å². The van der Waals surface area contributed by atoms with Crippen molar-refractivity contribution >= 4 is 46.9 Å². The molecule has 8 nitrogen and oxygen atoms in total. The Kier molecular flexibility index (Phi) is 10.3. The number of hydrogen-bond acceptors (Lipinski definition) is 6. The van der Waals surface area contributed by atoms with Crippen LogP contribution in [0.25, 0.3) is 17.4 Å². The topological polar surface area (TPSA) is 101 Å². The summed E-state index contributed by atoms with van der Waals surface area (Å²) in [5, 5.41) is 5.19. The zero-order valence-electron chi connectivity index (χ0n) is 28.3. The maximum Gasteiger partial charge on any atom is 0.272 e. The monoisotopic (exact) mass is 705 g/mol. The molecule has 0 fully saturated rings. The summed E-state index contributed by atoms with van der Waals surface area (Å²) in [6.07, 6.45) is 2.32. The molecule has 2 N–H and O–H groups in total. The average Bonchev–Trinajstić information content (AvgIpc) is 3.85. The van der Waals surface area contributed by atoms with Gasteiger partial charge in [0.25, 0.3) is 11.8 Å². The highest BCUT2D eigenvalue weighted by molar-refractivity contribution is 8.00. The highest BCUT2D eigenvalue weighted by Crippen LogP contribution is 2.40. The smallest absolute Gasteiger partial charge is 0.272 e. The van der Waals surface area contributed by atoms with Crippen LogP contribution in [0.4, 0.5) is 11.4 Å². The van der Waals surface area contributed by atoms with Gasteiger partial charge < -0.3 is 24.7 Å². The Morgan fingerprint density at radius 3 is 2.25 bits per heavy atom. The standard InChI is InChI=1S/C43H35N3O5S/c1-50-38-19-11-9-17-35(38)39-25-22-33(51-39)28-36(45-41(47)31-15-6-3-7-16-31)42(48)44-32-20-23-34(24-21-32)52-40(30-13-4-2-5-14-30)43(49)46-27-26-29-12-8-10-18-37(29)46/h2-25,28,40H,26-27H2,1H3,(H,44,48)(H,45,47). The number of anilines is 2. The van der Waals surface area contributed by atoms with Crippen molar-refractivity contribution in [3.05, 3.63) is 174 Å². The fourth-order valence-electron chi connectivity index (χ4n) is 6.06. The molecule has 0 spiro atoms. The van der Waals surface area contributed by atoms with Crippen LogP contribution in [0, 0.1) is 0 Å². The summed E-state index contributed by atoms with van der Waals surface area (Å²) in [4.78, 5) is 43.7. The molecular formula is C43H35N3O5S. The second-order valence-electron chi connectivity index (χ2n) is 12.0. The highest BCUT2D eigenvalue weighted by Gasteiger charge is 2.32. The molecule has 0 saturated heterocycles. The van der Waals surface area contributed by atoms with Gasteiger partial charge in [-0.15, -0.1) is 11.8 Å². The molecule has 1 aliphatic rings. The third-order valence-corrected chi connectivity index (χ3v) is 9.91. The molecule has 1 aliphatic heterocycles. The van der Waals surface area contributed by atoms with E-state index in [2.05, 4.69) is 16.7 Å². The molecular weight excluding hydrogens is 671 g/mol. The lowest BCUT2D eigenvalue weighted by Gasteiger charge is -2.24. The van der Waals surface area contributed by atoms with Gasteiger partial charge >= 0.3 is 0 Å². The Bertz CT molecular complexity index is 2230. The summed E-state index contributed by atoms with van der Waals surface area (Å²) >= 11 is 1.46. The van der Waals surface area contributed by atoms with Gasteiger partial charge in [-0.05, 0) is 84.3 Å². The summed E-state index contributed by atoms with van der Waals surface area (Å²) in [6.45, 7) is 0.642. The van der Waals surface area contributed by atoms with Crippen LogP contribution in [0.5, 0.6) is 5.75 Å². The van der Waals surface area contributed by atoms with E-state index in [1.165, 1.54) is 23.4 Å². The number of benzene rings is 5. The molecule has 1 unspecified atom stereocenters. The first-order valence-electron chi connectivity index (χ1n) is 16.8. The van der Waals surface area contributed by atoms with Crippen LogP contribution in [-0.4, -0.2) is 31.4 Å². The Labute approximate surface area is 306 Å². The number of furan rings is 1. The summed E-state index contributed by atoms with van der Waals surface area (Å²) in [6, 6.07) is 44.7. The van der Waals surface area contributed by atoms with Crippen molar-refractivity contribution in [3.8, 4) is 17.1 Å². The number of fused-ring (bicyclic) bond motifs is 1. The summed E-state index contributed by atoms with van der Waals surface area (Å²) in [5.41, 5.74) is 4.70. The molecule has 0 radical (unpaired) electrons. The van der Waals surface area contributed by atoms with Crippen molar-refractivity contribution in [2.45, 2.75) is 16.6 Å². The van der Waals surface area contributed by atoms with Gasteiger partial charge in [-0.1, -0.05) is 78.9 Å². The Morgan fingerprint density at radius 2 is 1.48 bits per heavy atom. The van der Waals surface area contributed by atoms with Crippen molar-refractivity contribution in [3.63, 3.8) is 0 Å². The number of carbonyl (C=O) groups excluding carboxylic acids is 3. The van der Waals surface area contributed by atoms with E-state index in [9.17, 15) is 14.4 Å². The Hall–Kier alpha value is -6.32. The molecule has 5 aromatic carbocycles. The second kappa shape index (κ2) is 15.7. The van der Waals surface area contributed by atoms with Crippen LogP contribution in [-0.2, 0) is 16.0 Å². The molecule has 7 rings (SSSR count). The maximum absolute atomic E-state index is 14.0. The minimum Gasteiger partial charge on any atom is -0.496 e. The lowest BCUT2D eigenvalue weighted by atomic mass is 10.1. The average molecular weight is 706 g/mol. The van der Waals surface area contributed by atoms with E-state index in [0.29, 0.717) is 35.1 Å². The van der Waals surface area contributed by atoms with Gasteiger partial charge in [0.15, 0.2) is 0 Å². The number of nitrogens with one attached hydrogen (secondary N) is 2. The molecule has 2 heterocycles. The van der Waals surface area contributed by atoms with Crippen molar-refractivity contribution < 1.29 is 23.5 Å². The number of amides is 3. The molecule has 52 heavy (non-hydrogen) atoms. The number of rotatable bonds is 11. The zero-order chi connectivity index (χ0) is 35.9. The summed E-state index contributed by atoms with van der Waals surface area (Å²) in [7, 11) is 1.59. The van der Waals surface area contributed by atoms with E-state index >= 15 is 0 Å². The van der Waals surface area contributed by atoms with E-state index in [1.807, 2.05) is 95.9 Å². The minimum absolute atomic E-state index is 0.00568. The van der Waals surface area contributed by atoms with Crippen molar-refractivity contribution in [2.75, 3.05) is 23.9 Å². The maximum atomic E-state index is 14.0. The number of hydrogen-bond donors (Lipinski definition) is 2. The number of methoxy groups -OCH3 is 1. The van der Waals surface area contributed by atoms with E-state index in [4.69, 9.17) is 9.15 Å². The number of carbonyl (C=O) groups is 3. The number of nitrogens with zero attached hydrogens (tertiary/aromatic N) is 1. The van der Waals surface area contributed by atoms with Crippen molar-refractivity contribution in [1.29, 1.82) is 0 Å². The summed E-state index contributed by atoms with van der Waals surface area (Å²) in [5.74, 6) is 0.600. The molecule has 0 saturated carbocycles. The van der Waals surface area contributed by atoms with Crippen LogP contribution in [0.3, 0.4) is 0 Å². The fourth-order valence-corrected chi connectivity index (χ4v) is 7.14. The van der Waals surface area contributed by atoms with Gasteiger partial charge in [-0.25, -0.2) is 0 Å². The van der Waals surface area contributed by atoms with Crippen LogP contribution in [0.2, 0.25) is 0 Å². The second-order valence-corrected chi connectivity index (χ2v) is 13.2. The predicted molar refractivity (Wildman–Crippen MR) is 205 cm³/mol. The molecule has 0 aliphatic carbocycles. The molecule has 3 amide bonds. The largest absolute Gasteiger partial charge is 0.496 e. The Balaban J connectivity index is 1.11. The lowest BCUT2D eigenvalue weighted by Crippen LogP contribution is -2.32. The fraction of sp³-hybridized carbons (Fsp3) is 0.0930. The molecule has 0 bridgehead atoms. The van der Waals surface area contributed by atoms with Crippen molar-refractivity contribution in [1.82, 2.24) is 5.32 Å². The summed E-state index contributed by atoms with van der Waals surface area (Å²) < 4.78 is 11.6. The minimum atomic E-state index is -0.537. The number of para-hydroxylation sites is 2. The van der Waals surface area contributed by atoms with Crippen LogP contribution in [0.1, 0.15) is 32.5 Å². The SMILES string of the molecule is COc1ccccc1-c1ccc(C=C(NC(=O)c2ccccc2)C(=O)Nc2ccc(SC(C(=O)N3CCc4ccccc43)c3ccccc3)cc2)o1. The molecule has 9 heteroatoms. The van der Waals surface area contributed by atoms with Gasteiger partial charge in [-0.2, -0.15) is 0 Å². The Morgan fingerprint density at radius 1 is 0.788 bits per heavy atom. The van der Waals surface area contributed by atoms with Gasteiger partial charge in [0.1, 0.15) is 28.2 Å². The molecule has 1 atom stereocenters. The molecule has 258 valence electrons.